The van der Waals surface area contributed by atoms with Crippen molar-refractivity contribution >= 4 is 41.4 Å². The van der Waals surface area contributed by atoms with Gasteiger partial charge < -0.3 is 5.32 Å². The third-order valence-electron chi connectivity index (χ3n) is 4.53. The molecule has 1 saturated heterocycles. The molecule has 1 aromatic carbocycles. The van der Waals surface area contributed by atoms with Crippen molar-refractivity contribution in [3.05, 3.63) is 33.8 Å². The molecule has 1 aliphatic heterocycles. The van der Waals surface area contributed by atoms with Crippen LogP contribution < -0.4 is 5.32 Å². The molecule has 1 spiro atoms. The first kappa shape index (κ1) is 16.3. The van der Waals surface area contributed by atoms with E-state index in [2.05, 4.69) is 17.3 Å². The maximum Gasteiger partial charge on any atom is 0.346 e. The van der Waals surface area contributed by atoms with Gasteiger partial charge in [-0.1, -0.05) is 36.2 Å². The van der Waals surface area contributed by atoms with Crippen molar-refractivity contribution < 1.29 is 9.59 Å². The van der Waals surface area contributed by atoms with E-state index >= 15 is 0 Å². The zero-order chi connectivity index (χ0) is 16.6. The quantitative estimate of drug-likeness (QED) is 0.648. The smallest absolute Gasteiger partial charge is 0.321 e. The lowest BCUT2D eigenvalue weighted by Crippen LogP contribution is -2.49. The molecule has 7 heteroatoms. The van der Waals surface area contributed by atoms with E-state index in [-0.39, 0.29) is 5.91 Å². The number of hydrogen-bond donors (Lipinski definition) is 1. The van der Waals surface area contributed by atoms with Gasteiger partial charge in [-0.25, -0.2) is 4.79 Å². The normalized spacial score (nSPS) is 28.0. The summed E-state index contributed by atoms with van der Waals surface area (Å²) in [6.07, 6.45) is 4.62. The summed E-state index contributed by atoms with van der Waals surface area (Å²) in [6, 6.07) is 4.51. The minimum absolute atomic E-state index is 0.272. The van der Waals surface area contributed by atoms with Gasteiger partial charge in [0.1, 0.15) is 5.54 Å². The fourth-order valence-electron chi connectivity index (χ4n) is 3.02. The first-order valence-electron chi connectivity index (χ1n) is 7.57. The first-order valence-corrected chi connectivity index (χ1v) is 8.33. The van der Waals surface area contributed by atoms with Crippen molar-refractivity contribution in [1.82, 2.24) is 10.3 Å². The molecule has 0 radical (unpaired) electrons. The van der Waals surface area contributed by atoms with Crippen LogP contribution in [0.1, 0.15) is 38.2 Å². The minimum atomic E-state index is -0.779. The topological polar surface area (TPSA) is 61.8 Å². The Morgan fingerprint density at radius 1 is 1.26 bits per heavy atom. The molecule has 1 aliphatic carbocycles. The van der Waals surface area contributed by atoms with Crippen molar-refractivity contribution in [3.8, 4) is 0 Å². The molecular formula is C16H17Cl2N3O2. The van der Waals surface area contributed by atoms with Gasteiger partial charge in [0.15, 0.2) is 0 Å². The Labute approximate surface area is 144 Å². The summed E-state index contributed by atoms with van der Waals surface area (Å²) in [6.45, 7) is 2.16. The van der Waals surface area contributed by atoms with E-state index in [1.165, 1.54) is 6.21 Å². The Morgan fingerprint density at radius 2 is 1.96 bits per heavy atom. The molecule has 1 saturated carbocycles. The highest BCUT2D eigenvalue weighted by Gasteiger charge is 2.52. The lowest BCUT2D eigenvalue weighted by molar-refractivity contribution is -0.132. The van der Waals surface area contributed by atoms with Gasteiger partial charge in [-0.05, 0) is 49.3 Å². The Hall–Kier alpha value is -1.59. The number of amides is 3. The van der Waals surface area contributed by atoms with Gasteiger partial charge in [0, 0.05) is 0 Å². The number of urea groups is 1. The Balaban J connectivity index is 1.78. The van der Waals surface area contributed by atoms with Crippen molar-refractivity contribution in [3.63, 3.8) is 0 Å². The Kier molecular flexibility index (Phi) is 4.34. The number of hydrazone groups is 1. The van der Waals surface area contributed by atoms with Gasteiger partial charge in [0.2, 0.25) is 0 Å². The summed E-state index contributed by atoms with van der Waals surface area (Å²) < 4.78 is 0. The Bertz CT molecular complexity index is 682. The number of benzene rings is 1. The minimum Gasteiger partial charge on any atom is -0.321 e. The molecular weight excluding hydrogens is 337 g/mol. The molecule has 0 unspecified atom stereocenters. The van der Waals surface area contributed by atoms with Crippen LogP contribution in [-0.4, -0.2) is 28.7 Å². The number of halogens is 2. The standard InChI is InChI=1S/C16H17Cl2N3O2/c1-10-4-6-16(7-5-10)14(22)21(15(23)20-16)19-9-11-2-3-12(17)13(18)8-11/h2-3,8-10H,4-7H2,1H3,(H,20,23). The Morgan fingerprint density at radius 3 is 2.61 bits per heavy atom. The average molecular weight is 354 g/mol. The summed E-state index contributed by atoms with van der Waals surface area (Å²) in [7, 11) is 0. The lowest BCUT2D eigenvalue weighted by atomic mass is 9.77. The zero-order valence-electron chi connectivity index (χ0n) is 12.7. The predicted octanol–water partition coefficient (Wildman–Crippen LogP) is 3.83. The van der Waals surface area contributed by atoms with Gasteiger partial charge in [0.05, 0.1) is 16.3 Å². The molecule has 5 nitrogen and oxygen atoms in total. The molecule has 2 aliphatic rings. The van der Waals surface area contributed by atoms with Crippen molar-refractivity contribution in [2.75, 3.05) is 0 Å². The van der Waals surface area contributed by atoms with Crippen LogP contribution in [0.3, 0.4) is 0 Å². The van der Waals surface area contributed by atoms with Crippen molar-refractivity contribution in [1.29, 1.82) is 0 Å². The van der Waals surface area contributed by atoms with Crippen LogP contribution in [0.4, 0.5) is 4.79 Å². The maximum atomic E-state index is 12.6. The van der Waals surface area contributed by atoms with E-state index in [0.717, 1.165) is 17.9 Å². The summed E-state index contributed by atoms with van der Waals surface area (Å²) in [5, 5.41) is 8.61. The van der Waals surface area contributed by atoms with Crippen molar-refractivity contribution in [2.45, 2.75) is 38.1 Å². The SMILES string of the molecule is CC1CCC2(CC1)NC(=O)N(N=Cc1ccc(Cl)c(Cl)c1)C2=O. The maximum absolute atomic E-state index is 12.6. The molecule has 122 valence electrons. The van der Waals surface area contributed by atoms with Crippen LogP contribution >= 0.6 is 23.2 Å². The van der Waals surface area contributed by atoms with Gasteiger partial charge >= 0.3 is 6.03 Å². The average Bonchev–Trinajstić information content (AvgIpc) is 2.75. The number of nitrogens with one attached hydrogen (secondary N) is 1. The van der Waals surface area contributed by atoms with E-state index in [9.17, 15) is 9.59 Å². The highest BCUT2D eigenvalue weighted by molar-refractivity contribution is 6.42. The third kappa shape index (κ3) is 3.08. The van der Waals surface area contributed by atoms with E-state index < -0.39 is 11.6 Å². The molecule has 1 N–H and O–H groups in total. The van der Waals surface area contributed by atoms with Crippen LogP contribution in [0.5, 0.6) is 0 Å². The third-order valence-corrected chi connectivity index (χ3v) is 5.27. The monoisotopic (exact) mass is 353 g/mol. The number of carbonyl (C=O) groups is 2. The van der Waals surface area contributed by atoms with Crippen molar-refractivity contribution in [2.24, 2.45) is 11.0 Å². The van der Waals surface area contributed by atoms with E-state index in [0.29, 0.717) is 34.4 Å². The number of hydrogen-bond acceptors (Lipinski definition) is 3. The molecule has 0 bridgehead atoms. The van der Waals surface area contributed by atoms with Crippen LogP contribution in [0.2, 0.25) is 10.0 Å². The van der Waals surface area contributed by atoms with E-state index in [1.807, 2.05) is 0 Å². The van der Waals surface area contributed by atoms with E-state index in [1.54, 1.807) is 18.2 Å². The van der Waals surface area contributed by atoms with E-state index in [4.69, 9.17) is 23.2 Å². The number of carbonyl (C=O) groups excluding carboxylic acids is 2. The van der Waals surface area contributed by atoms with Gasteiger partial charge in [-0.15, -0.1) is 5.01 Å². The number of rotatable bonds is 2. The molecule has 3 amide bonds. The molecule has 0 atom stereocenters. The first-order chi connectivity index (χ1) is 10.9. The number of nitrogens with zero attached hydrogens (tertiary/aromatic N) is 2. The fourth-order valence-corrected chi connectivity index (χ4v) is 3.33. The van der Waals surface area contributed by atoms with Crippen LogP contribution in [0.15, 0.2) is 23.3 Å². The van der Waals surface area contributed by atoms with Gasteiger partial charge in [0.25, 0.3) is 5.91 Å². The molecule has 23 heavy (non-hydrogen) atoms. The molecule has 1 aromatic rings. The summed E-state index contributed by atoms with van der Waals surface area (Å²) >= 11 is 11.8. The summed E-state index contributed by atoms with van der Waals surface area (Å²) in [5.41, 5.74) is -0.114. The fraction of sp³-hybridized carbons (Fsp3) is 0.438. The molecule has 0 aromatic heterocycles. The largest absolute Gasteiger partial charge is 0.346 e. The lowest BCUT2D eigenvalue weighted by Gasteiger charge is -2.33. The highest BCUT2D eigenvalue weighted by Crippen LogP contribution is 2.36. The molecule has 1 heterocycles. The molecule has 3 rings (SSSR count). The summed E-state index contributed by atoms with van der Waals surface area (Å²) in [5.74, 6) is 0.310. The van der Waals surface area contributed by atoms with Gasteiger partial charge in [-0.2, -0.15) is 5.10 Å². The van der Waals surface area contributed by atoms with Crippen LogP contribution in [-0.2, 0) is 4.79 Å². The number of imide groups is 1. The second-order valence-electron chi connectivity index (χ2n) is 6.23. The predicted molar refractivity (Wildman–Crippen MR) is 89.8 cm³/mol. The van der Waals surface area contributed by atoms with Gasteiger partial charge in [-0.3, -0.25) is 4.79 Å². The summed E-state index contributed by atoms with van der Waals surface area (Å²) in [4.78, 5) is 24.7. The second-order valence-corrected chi connectivity index (χ2v) is 7.04. The highest BCUT2D eigenvalue weighted by atomic mass is 35.5. The van der Waals surface area contributed by atoms with Crippen LogP contribution in [0, 0.1) is 5.92 Å². The van der Waals surface area contributed by atoms with Crippen LogP contribution in [0.25, 0.3) is 0 Å². The second kappa shape index (κ2) is 6.13. The molecule has 2 fully saturated rings. The zero-order valence-corrected chi connectivity index (χ0v) is 14.2.